The van der Waals surface area contributed by atoms with Crippen molar-refractivity contribution in [3.63, 3.8) is 0 Å². The molecule has 0 unspecified atom stereocenters. The largest absolute Gasteiger partial charge is 0.313 e. The SMILES string of the molecule is C=C(C)CN(CC)Cc1ccc(CNCCC)cn1. The number of hydrogen-bond acceptors (Lipinski definition) is 3. The first-order valence-corrected chi connectivity index (χ1v) is 7.17. The summed E-state index contributed by atoms with van der Waals surface area (Å²) in [6, 6.07) is 4.30. The molecule has 3 heteroatoms. The Morgan fingerprint density at radius 1 is 1.37 bits per heavy atom. The van der Waals surface area contributed by atoms with E-state index in [9.17, 15) is 0 Å². The maximum atomic E-state index is 4.54. The summed E-state index contributed by atoms with van der Waals surface area (Å²) in [4.78, 5) is 6.89. The van der Waals surface area contributed by atoms with Gasteiger partial charge in [0.2, 0.25) is 0 Å². The number of nitrogens with one attached hydrogen (secondary N) is 1. The normalized spacial score (nSPS) is 10.9. The highest BCUT2D eigenvalue weighted by atomic mass is 15.1. The van der Waals surface area contributed by atoms with E-state index in [1.807, 2.05) is 6.20 Å². The Morgan fingerprint density at radius 2 is 2.16 bits per heavy atom. The average Bonchev–Trinajstić information content (AvgIpc) is 2.39. The summed E-state index contributed by atoms with van der Waals surface area (Å²) in [6.45, 7) is 15.2. The molecule has 19 heavy (non-hydrogen) atoms. The molecule has 0 aliphatic carbocycles. The lowest BCUT2D eigenvalue weighted by molar-refractivity contribution is 0.301. The Kier molecular flexibility index (Phi) is 7.38. The third-order valence-corrected chi connectivity index (χ3v) is 2.97. The Balaban J connectivity index is 2.48. The van der Waals surface area contributed by atoms with E-state index in [0.29, 0.717) is 0 Å². The van der Waals surface area contributed by atoms with Gasteiger partial charge in [0.05, 0.1) is 5.69 Å². The summed E-state index contributed by atoms with van der Waals surface area (Å²) in [7, 11) is 0. The summed E-state index contributed by atoms with van der Waals surface area (Å²) in [5, 5.41) is 3.39. The first-order valence-electron chi connectivity index (χ1n) is 7.17. The molecule has 0 radical (unpaired) electrons. The van der Waals surface area contributed by atoms with Crippen molar-refractivity contribution in [3.8, 4) is 0 Å². The summed E-state index contributed by atoms with van der Waals surface area (Å²) >= 11 is 0. The fraction of sp³-hybridized carbons (Fsp3) is 0.562. The molecule has 0 aliphatic heterocycles. The van der Waals surface area contributed by atoms with Gasteiger partial charge >= 0.3 is 0 Å². The predicted octanol–water partition coefficient (Wildman–Crippen LogP) is 2.98. The zero-order valence-corrected chi connectivity index (χ0v) is 12.6. The lowest BCUT2D eigenvalue weighted by atomic mass is 10.2. The van der Waals surface area contributed by atoms with Crippen molar-refractivity contribution in [3.05, 3.63) is 41.7 Å². The molecule has 0 spiro atoms. The number of likely N-dealkylation sites (N-methyl/N-ethyl adjacent to an activating group) is 1. The zero-order valence-electron chi connectivity index (χ0n) is 12.6. The van der Waals surface area contributed by atoms with E-state index in [-0.39, 0.29) is 0 Å². The fourth-order valence-corrected chi connectivity index (χ4v) is 1.95. The molecule has 3 nitrogen and oxygen atoms in total. The quantitative estimate of drug-likeness (QED) is 0.547. The number of hydrogen-bond donors (Lipinski definition) is 1. The molecule has 0 fully saturated rings. The molecule has 0 saturated heterocycles. The van der Waals surface area contributed by atoms with Crippen molar-refractivity contribution >= 4 is 0 Å². The minimum atomic E-state index is 0.895. The van der Waals surface area contributed by atoms with E-state index in [4.69, 9.17) is 0 Å². The van der Waals surface area contributed by atoms with E-state index >= 15 is 0 Å². The third-order valence-electron chi connectivity index (χ3n) is 2.97. The second kappa shape index (κ2) is 8.83. The molecule has 0 amide bonds. The van der Waals surface area contributed by atoms with Crippen molar-refractivity contribution in [1.82, 2.24) is 15.2 Å². The summed E-state index contributed by atoms with van der Waals surface area (Å²) in [5.41, 5.74) is 3.57. The second-order valence-electron chi connectivity index (χ2n) is 5.09. The van der Waals surface area contributed by atoms with Gasteiger partial charge in [-0.05, 0) is 38.1 Å². The van der Waals surface area contributed by atoms with Gasteiger partial charge in [0.25, 0.3) is 0 Å². The molecule has 1 aromatic heterocycles. The highest BCUT2D eigenvalue weighted by molar-refractivity contribution is 5.14. The predicted molar refractivity (Wildman–Crippen MR) is 82.0 cm³/mol. The van der Waals surface area contributed by atoms with E-state index < -0.39 is 0 Å². The monoisotopic (exact) mass is 261 g/mol. The van der Waals surface area contributed by atoms with Crippen LogP contribution in [0.4, 0.5) is 0 Å². The maximum absolute atomic E-state index is 4.54. The van der Waals surface area contributed by atoms with Crippen LogP contribution in [0.1, 0.15) is 38.4 Å². The highest BCUT2D eigenvalue weighted by Gasteiger charge is 2.04. The van der Waals surface area contributed by atoms with Crippen LogP contribution in [0.3, 0.4) is 0 Å². The molecular formula is C16H27N3. The number of nitrogens with zero attached hydrogens (tertiary/aromatic N) is 2. The Labute approximate surface area is 117 Å². The molecular weight excluding hydrogens is 234 g/mol. The van der Waals surface area contributed by atoms with Crippen molar-refractivity contribution in [2.75, 3.05) is 19.6 Å². The minimum absolute atomic E-state index is 0.895. The van der Waals surface area contributed by atoms with Crippen LogP contribution in [-0.4, -0.2) is 29.5 Å². The minimum Gasteiger partial charge on any atom is -0.313 e. The van der Waals surface area contributed by atoms with Gasteiger partial charge in [0, 0.05) is 25.8 Å². The number of rotatable bonds is 9. The highest BCUT2D eigenvalue weighted by Crippen LogP contribution is 2.05. The van der Waals surface area contributed by atoms with Crippen LogP contribution in [-0.2, 0) is 13.1 Å². The van der Waals surface area contributed by atoms with Crippen molar-refractivity contribution < 1.29 is 0 Å². The van der Waals surface area contributed by atoms with E-state index in [1.54, 1.807) is 0 Å². The zero-order chi connectivity index (χ0) is 14.1. The molecule has 0 atom stereocenters. The third kappa shape index (κ3) is 6.50. The lowest BCUT2D eigenvalue weighted by Gasteiger charge is -2.19. The van der Waals surface area contributed by atoms with Gasteiger partial charge in [0.1, 0.15) is 0 Å². The molecule has 1 heterocycles. The number of aromatic nitrogens is 1. The van der Waals surface area contributed by atoms with Gasteiger partial charge < -0.3 is 5.32 Å². The maximum Gasteiger partial charge on any atom is 0.0544 e. The summed E-state index contributed by atoms with van der Waals surface area (Å²) in [5.74, 6) is 0. The van der Waals surface area contributed by atoms with Gasteiger partial charge in [0.15, 0.2) is 0 Å². The van der Waals surface area contributed by atoms with Crippen LogP contribution in [0, 0.1) is 0 Å². The molecule has 1 aromatic rings. The van der Waals surface area contributed by atoms with Crippen molar-refractivity contribution in [2.24, 2.45) is 0 Å². The van der Waals surface area contributed by atoms with Crippen molar-refractivity contribution in [1.29, 1.82) is 0 Å². The Hall–Kier alpha value is -1.19. The smallest absolute Gasteiger partial charge is 0.0544 e. The van der Waals surface area contributed by atoms with Gasteiger partial charge in [-0.2, -0.15) is 0 Å². The summed E-state index contributed by atoms with van der Waals surface area (Å²) < 4.78 is 0. The fourth-order valence-electron chi connectivity index (χ4n) is 1.95. The summed E-state index contributed by atoms with van der Waals surface area (Å²) in [6.07, 6.45) is 3.14. The standard InChI is InChI=1S/C16H27N3/c1-5-9-17-10-15-7-8-16(18-11-15)13-19(6-2)12-14(3)4/h7-8,11,17H,3,5-6,9-10,12-13H2,1-2,4H3. The van der Waals surface area contributed by atoms with Crippen molar-refractivity contribution in [2.45, 2.75) is 40.3 Å². The van der Waals surface area contributed by atoms with E-state index in [2.05, 4.69) is 54.7 Å². The first kappa shape index (κ1) is 15.9. The van der Waals surface area contributed by atoms with Gasteiger partial charge in [-0.25, -0.2) is 0 Å². The molecule has 0 aliphatic rings. The Morgan fingerprint density at radius 3 is 2.68 bits per heavy atom. The average molecular weight is 261 g/mol. The van der Waals surface area contributed by atoms with Crippen LogP contribution in [0.15, 0.2) is 30.5 Å². The Bertz CT molecular complexity index is 370. The van der Waals surface area contributed by atoms with E-state index in [0.717, 1.165) is 44.8 Å². The van der Waals surface area contributed by atoms with Gasteiger partial charge in [-0.15, -0.1) is 0 Å². The molecule has 0 bridgehead atoms. The van der Waals surface area contributed by atoms with Crippen LogP contribution >= 0.6 is 0 Å². The topological polar surface area (TPSA) is 28.2 Å². The molecule has 106 valence electrons. The van der Waals surface area contributed by atoms with Gasteiger partial charge in [-0.1, -0.05) is 32.1 Å². The lowest BCUT2D eigenvalue weighted by Crippen LogP contribution is -2.25. The van der Waals surface area contributed by atoms with Gasteiger partial charge in [-0.3, -0.25) is 9.88 Å². The van der Waals surface area contributed by atoms with Crippen LogP contribution in [0.5, 0.6) is 0 Å². The molecule has 1 rings (SSSR count). The first-order chi connectivity index (χ1) is 9.15. The number of pyridine rings is 1. The van der Waals surface area contributed by atoms with Crippen LogP contribution < -0.4 is 5.32 Å². The molecule has 0 aromatic carbocycles. The molecule has 1 N–H and O–H groups in total. The van der Waals surface area contributed by atoms with Crippen LogP contribution in [0.25, 0.3) is 0 Å². The van der Waals surface area contributed by atoms with Crippen LogP contribution in [0.2, 0.25) is 0 Å². The second-order valence-corrected chi connectivity index (χ2v) is 5.09. The van der Waals surface area contributed by atoms with E-state index in [1.165, 1.54) is 11.1 Å². The molecule has 0 saturated carbocycles.